The van der Waals surface area contributed by atoms with Crippen LogP contribution in [0.1, 0.15) is 38.3 Å². The number of sulfonamides is 1. The molecule has 2 aromatic rings. The number of amides is 2. The number of nitrogens with zero attached hydrogens (tertiary/aromatic N) is 2. The maximum Gasteiger partial charge on any atom is 0.244 e. The quantitative estimate of drug-likeness (QED) is 0.439. The van der Waals surface area contributed by atoms with Gasteiger partial charge in [-0.3, -0.25) is 13.9 Å². The van der Waals surface area contributed by atoms with E-state index in [1.54, 1.807) is 50.2 Å². The van der Waals surface area contributed by atoms with Gasteiger partial charge in [-0.1, -0.05) is 47.8 Å². The number of anilines is 1. The average Bonchev–Trinajstić information content (AvgIpc) is 2.77. The molecule has 0 fully saturated rings. The van der Waals surface area contributed by atoms with E-state index in [-0.39, 0.29) is 18.5 Å². The smallest absolute Gasteiger partial charge is 0.244 e. The minimum absolute atomic E-state index is 0.0298. The Morgan fingerprint density at radius 2 is 1.69 bits per heavy atom. The lowest BCUT2D eigenvalue weighted by Gasteiger charge is -2.32. The predicted octanol–water partition coefficient (Wildman–Crippen LogP) is 5.05. The van der Waals surface area contributed by atoms with E-state index in [0.717, 1.165) is 17.0 Å². The topological polar surface area (TPSA) is 86.8 Å². The van der Waals surface area contributed by atoms with E-state index in [2.05, 4.69) is 5.32 Å². The van der Waals surface area contributed by atoms with Crippen molar-refractivity contribution in [3.05, 3.63) is 62.6 Å². The first-order valence-electron chi connectivity index (χ1n) is 11.0. The van der Waals surface area contributed by atoms with Crippen LogP contribution in [0.4, 0.5) is 5.69 Å². The molecule has 0 aliphatic rings. The predicted molar refractivity (Wildman–Crippen MR) is 143 cm³/mol. The van der Waals surface area contributed by atoms with E-state index >= 15 is 0 Å². The SMILES string of the molecule is CC[C@@H](C)NC(=O)[C@H](C)N(Cc1ccc(Cl)c(Cl)c1)C(=O)CN(c1ccc(Cl)cc1C)S(C)(=O)=O. The van der Waals surface area contributed by atoms with Gasteiger partial charge in [0.15, 0.2) is 0 Å². The minimum Gasteiger partial charge on any atom is -0.352 e. The molecule has 35 heavy (non-hydrogen) atoms. The standard InChI is InChI=1S/C24H30Cl3N3O4S/c1-6-16(3)28-24(32)17(4)29(13-18-7-9-20(26)21(27)12-18)23(31)14-30(35(5,33)34)22-10-8-19(25)11-15(22)2/h7-12,16-17H,6,13-14H2,1-5H3,(H,28,32)/t16-,17+/m1/s1. The molecule has 2 aromatic carbocycles. The van der Waals surface area contributed by atoms with E-state index in [1.165, 1.54) is 4.90 Å². The van der Waals surface area contributed by atoms with Crippen LogP contribution in [0.15, 0.2) is 36.4 Å². The summed E-state index contributed by atoms with van der Waals surface area (Å²) in [5, 5.41) is 3.99. The molecule has 192 valence electrons. The van der Waals surface area contributed by atoms with E-state index in [4.69, 9.17) is 34.8 Å². The van der Waals surface area contributed by atoms with Crippen LogP contribution in [0.3, 0.4) is 0 Å². The molecule has 0 heterocycles. The van der Waals surface area contributed by atoms with Gasteiger partial charge in [0.2, 0.25) is 21.8 Å². The van der Waals surface area contributed by atoms with Crippen LogP contribution in [0.5, 0.6) is 0 Å². The molecule has 2 atom stereocenters. The van der Waals surface area contributed by atoms with Crippen LogP contribution in [0, 0.1) is 6.92 Å². The summed E-state index contributed by atoms with van der Waals surface area (Å²) < 4.78 is 26.3. The van der Waals surface area contributed by atoms with Crippen molar-refractivity contribution in [1.29, 1.82) is 0 Å². The van der Waals surface area contributed by atoms with Crippen LogP contribution in [-0.4, -0.2) is 50.0 Å². The third kappa shape index (κ3) is 8.00. The summed E-state index contributed by atoms with van der Waals surface area (Å²) in [6.45, 7) is 6.65. The summed E-state index contributed by atoms with van der Waals surface area (Å²) in [6, 6.07) is 8.68. The zero-order chi connectivity index (χ0) is 26.5. The molecule has 0 aromatic heterocycles. The highest BCUT2D eigenvalue weighted by atomic mass is 35.5. The van der Waals surface area contributed by atoms with Gasteiger partial charge < -0.3 is 10.2 Å². The third-order valence-electron chi connectivity index (χ3n) is 5.61. The Balaban J connectivity index is 2.44. The number of carbonyl (C=O) groups is 2. The summed E-state index contributed by atoms with van der Waals surface area (Å²) in [4.78, 5) is 27.8. The molecule has 0 radical (unpaired) electrons. The first-order valence-corrected chi connectivity index (χ1v) is 14.0. The summed E-state index contributed by atoms with van der Waals surface area (Å²) in [7, 11) is -3.83. The van der Waals surface area contributed by atoms with E-state index < -0.39 is 28.5 Å². The number of hydrogen-bond acceptors (Lipinski definition) is 4. The Bertz CT molecular complexity index is 1190. The third-order valence-corrected chi connectivity index (χ3v) is 7.71. The monoisotopic (exact) mass is 561 g/mol. The lowest BCUT2D eigenvalue weighted by Crippen LogP contribution is -2.52. The molecule has 0 aliphatic carbocycles. The fraction of sp³-hybridized carbons (Fsp3) is 0.417. The number of carbonyl (C=O) groups excluding carboxylic acids is 2. The second kappa shape index (κ2) is 12.3. The number of nitrogens with one attached hydrogen (secondary N) is 1. The molecule has 0 spiro atoms. The second-order valence-corrected chi connectivity index (χ2v) is 11.6. The van der Waals surface area contributed by atoms with Crippen molar-refractivity contribution in [1.82, 2.24) is 10.2 Å². The van der Waals surface area contributed by atoms with Crippen molar-refractivity contribution in [2.45, 2.75) is 52.7 Å². The molecule has 1 N–H and O–H groups in total. The molecule has 2 rings (SSSR count). The summed E-state index contributed by atoms with van der Waals surface area (Å²) >= 11 is 18.2. The molecule has 0 saturated carbocycles. The van der Waals surface area contributed by atoms with Crippen molar-refractivity contribution in [2.24, 2.45) is 0 Å². The first kappa shape index (κ1) is 29.2. The Kier molecular flexibility index (Phi) is 10.3. The Morgan fingerprint density at radius 1 is 1.03 bits per heavy atom. The molecule has 0 aliphatic heterocycles. The van der Waals surface area contributed by atoms with E-state index in [9.17, 15) is 18.0 Å². The summed E-state index contributed by atoms with van der Waals surface area (Å²) in [5.41, 5.74) is 1.57. The molecule has 2 amide bonds. The van der Waals surface area contributed by atoms with Crippen molar-refractivity contribution in [3.63, 3.8) is 0 Å². The second-order valence-electron chi connectivity index (χ2n) is 8.46. The van der Waals surface area contributed by atoms with Crippen molar-refractivity contribution >= 4 is 62.3 Å². The Labute approximate surface area is 222 Å². The van der Waals surface area contributed by atoms with Gasteiger partial charge in [-0.25, -0.2) is 8.42 Å². The summed E-state index contributed by atoms with van der Waals surface area (Å²) in [5.74, 6) is -0.899. The van der Waals surface area contributed by atoms with Crippen LogP contribution < -0.4 is 9.62 Å². The first-order chi connectivity index (χ1) is 16.2. The normalized spacial score (nSPS) is 13.1. The lowest BCUT2D eigenvalue weighted by atomic mass is 10.1. The molecule has 0 saturated heterocycles. The van der Waals surface area contributed by atoms with Gasteiger partial charge >= 0.3 is 0 Å². The van der Waals surface area contributed by atoms with Gasteiger partial charge in [-0.15, -0.1) is 0 Å². The van der Waals surface area contributed by atoms with Crippen LogP contribution in [0.2, 0.25) is 15.1 Å². The number of benzene rings is 2. The fourth-order valence-electron chi connectivity index (χ4n) is 3.38. The van der Waals surface area contributed by atoms with Gasteiger partial charge in [-0.05, 0) is 68.7 Å². The van der Waals surface area contributed by atoms with Crippen molar-refractivity contribution < 1.29 is 18.0 Å². The Morgan fingerprint density at radius 3 is 2.23 bits per heavy atom. The number of aryl methyl sites for hydroxylation is 1. The number of hydrogen-bond donors (Lipinski definition) is 1. The highest BCUT2D eigenvalue weighted by Crippen LogP contribution is 2.27. The largest absolute Gasteiger partial charge is 0.352 e. The van der Waals surface area contributed by atoms with Crippen molar-refractivity contribution in [2.75, 3.05) is 17.1 Å². The molecule has 0 bridgehead atoms. The highest BCUT2D eigenvalue weighted by molar-refractivity contribution is 7.92. The van der Waals surface area contributed by atoms with Crippen molar-refractivity contribution in [3.8, 4) is 0 Å². The van der Waals surface area contributed by atoms with Crippen LogP contribution >= 0.6 is 34.8 Å². The van der Waals surface area contributed by atoms with Gasteiger partial charge in [0.05, 0.1) is 22.0 Å². The molecule has 11 heteroatoms. The van der Waals surface area contributed by atoms with Gasteiger partial charge in [-0.2, -0.15) is 0 Å². The van der Waals surface area contributed by atoms with E-state index in [1.807, 2.05) is 13.8 Å². The molecular formula is C24H30Cl3N3O4S. The fourth-order valence-corrected chi connectivity index (χ4v) is 4.83. The van der Waals surface area contributed by atoms with E-state index in [0.29, 0.717) is 31.9 Å². The summed E-state index contributed by atoms with van der Waals surface area (Å²) in [6.07, 6.45) is 1.74. The van der Waals surface area contributed by atoms with Gasteiger partial charge in [0.1, 0.15) is 12.6 Å². The molecular weight excluding hydrogens is 533 g/mol. The number of halogens is 3. The van der Waals surface area contributed by atoms with Gasteiger partial charge in [0, 0.05) is 17.6 Å². The maximum atomic E-state index is 13.6. The molecule has 7 nitrogen and oxygen atoms in total. The lowest BCUT2D eigenvalue weighted by molar-refractivity contribution is -0.139. The average molecular weight is 563 g/mol. The Hall–Kier alpha value is -2.00. The van der Waals surface area contributed by atoms with Crippen LogP contribution in [0.25, 0.3) is 0 Å². The van der Waals surface area contributed by atoms with Gasteiger partial charge in [0.25, 0.3) is 0 Å². The maximum absolute atomic E-state index is 13.6. The zero-order valence-electron chi connectivity index (χ0n) is 20.3. The zero-order valence-corrected chi connectivity index (χ0v) is 23.4. The molecule has 0 unspecified atom stereocenters. The van der Waals surface area contributed by atoms with Crippen LogP contribution in [-0.2, 0) is 26.2 Å². The highest BCUT2D eigenvalue weighted by Gasteiger charge is 2.31. The minimum atomic E-state index is -3.83. The number of rotatable bonds is 10.